The molecule has 0 heterocycles. The second kappa shape index (κ2) is 13.7. The van der Waals surface area contributed by atoms with Gasteiger partial charge >= 0.3 is 0 Å². The maximum absolute atomic E-state index is 2.42. The highest BCUT2D eigenvalue weighted by molar-refractivity contribution is 5.97. The van der Waals surface area contributed by atoms with Crippen molar-refractivity contribution >= 4 is 27.8 Å². The molecule has 9 aromatic rings. The summed E-state index contributed by atoms with van der Waals surface area (Å²) >= 11 is 0. The van der Waals surface area contributed by atoms with Gasteiger partial charge in [0.15, 0.2) is 0 Å². The zero-order valence-corrected chi connectivity index (χ0v) is 31.7. The van der Waals surface area contributed by atoms with Crippen LogP contribution in [0.25, 0.3) is 66.4 Å². The lowest BCUT2D eigenvalue weighted by Gasteiger charge is -2.29. The summed E-state index contributed by atoms with van der Waals surface area (Å²) in [6.45, 7) is 4.71. The van der Waals surface area contributed by atoms with Gasteiger partial charge in [-0.2, -0.15) is 0 Å². The number of rotatable bonds is 7. The van der Waals surface area contributed by atoms with Gasteiger partial charge in [0.05, 0.1) is 0 Å². The number of nitrogens with zero attached hydrogens (tertiary/aromatic N) is 1. The van der Waals surface area contributed by atoms with Crippen molar-refractivity contribution in [2.24, 2.45) is 0 Å². The molecule has 0 aliphatic heterocycles. The summed E-state index contributed by atoms with van der Waals surface area (Å²) in [5, 5.41) is 2.53. The summed E-state index contributed by atoms with van der Waals surface area (Å²) in [6.07, 6.45) is 0. The highest BCUT2D eigenvalue weighted by atomic mass is 15.1. The Bertz CT molecular complexity index is 2840. The summed E-state index contributed by atoms with van der Waals surface area (Å²) < 4.78 is 0. The quantitative estimate of drug-likeness (QED) is 0.159. The average molecular weight is 716 g/mol. The molecule has 0 saturated carbocycles. The molecule has 0 bridgehead atoms. The minimum absolute atomic E-state index is 0.109. The maximum atomic E-state index is 2.42. The Morgan fingerprint density at radius 3 is 1.54 bits per heavy atom. The van der Waals surface area contributed by atoms with E-state index in [2.05, 4.69) is 231 Å². The highest BCUT2D eigenvalue weighted by Crippen LogP contribution is 2.51. The third kappa shape index (κ3) is 5.81. The number of hydrogen-bond acceptors (Lipinski definition) is 1. The Hall–Kier alpha value is -6.96. The van der Waals surface area contributed by atoms with Crippen LogP contribution in [-0.2, 0) is 5.41 Å². The topological polar surface area (TPSA) is 3.24 Å². The first kappa shape index (κ1) is 33.6. The van der Waals surface area contributed by atoms with Gasteiger partial charge in [-0.15, -0.1) is 0 Å². The number of anilines is 3. The van der Waals surface area contributed by atoms with E-state index in [1.807, 2.05) is 0 Å². The molecule has 1 nitrogen and oxygen atoms in total. The van der Waals surface area contributed by atoms with Gasteiger partial charge in [0, 0.05) is 22.5 Å². The third-order valence-electron chi connectivity index (χ3n) is 11.7. The molecule has 266 valence electrons. The van der Waals surface area contributed by atoms with E-state index in [4.69, 9.17) is 0 Å². The van der Waals surface area contributed by atoms with Crippen molar-refractivity contribution in [2.45, 2.75) is 19.3 Å². The van der Waals surface area contributed by atoms with E-state index < -0.39 is 0 Å². The minimum Gasteiger partial charge on any atom is -0.310 e. The Kier molecular flexibility index (Phi) is 8.23. The fraction of sp³-hybridized carbons (Fsp3) is 0.0545. The van der Waals surface area contributed by atoms with Gasteiger partial charge in [0.25, 0.3) is 0 Å². The molecular formula is C55H41N. The van der Waals surface area contributed by atoms with Gasteiger partial charge in [0.1, 0.15) is 0 Å². The molecular weight excluding hydrogens is 675 g/mol. The maximum Gasteiger partial charge on any atom is 0.0468 e. The van der Waals surface area contributed by atoms with Crippen molar-refractivity contribution in [3.05, 3.63) is 223 Å². The molecule has 0 N–H and O–H groups in total. The molecule has 0 spiro atoms. The molecule has 0 aromatic heterocycles. The van der Waals surface area contributed by atoms with Crippen LogP contribution >= 0.6 is 0 Å². The number of benzene rings is 9. The molecule has 0 amide bonds. The van der Waals surface area contributed by atoms with Crippen molar-refractivity contribution in [3.63, 3.8) is 0 Å². The van der Waals surface area contributed by atoms with Crippen molar-refractivity contribution in [1.29, 1.82) is 0 Å². The van der Waals surface area contributed by atoms with Crippen LogP contribution in [-0.4, -0.2) is 0 Å². The predicted molar refractivity (Wildman–Crippen MR) is 238 cm³/mol. The van der Waals surface area contributed by atoms with Crippen molar-refractivity contribution in [2.75, 3.05) is 4.90 Å². The summed E-state index contributed by atoms with van der Waals surface area (Å²) in [5.74, 6) is 0. The molecule has 1 aliphatic rings. The van der Waals surface area contributed by atoms with Gasteiger partial charge in [-0.3, -0.25) is 0 Å². The third-order valence-corrected chi connectivity index (χ3v) is 11.7. The van der Waals surface area contributed by atoms with Gasteiger partial charge in [0.2, 0.25) is 0 Å². The molecule has 0 atom stereocenters. The van der Waals surface area contributed by atoms with E-state index in [0.717, 1.165) is 17.1 Å². The van der Waals surface area contributed by atoms with Crippen molar-refractivity contribution < 1.29 is 0 Å². The van der Waals surface area contributed by atoms with Gasteiger partial charge in [-0.1, -0.05) is 190 Å². The summed E-state index contributed by atoms with van der Waals surface area (Å²) in [4.78, 5) is 2.42. The van der Waals surface area contributed by atoms with Crippen LogP contribution in [0.15, 0.2) is 212 Å². The van der Waals surface area contributed by atoms with Crippen LogP contribution in [0.3, 0.4) is 0 Å². The van der Waals surface area contributed by atoms with Crippen LogP contribution in [0, 0.1) is 0 Å². The minimum atomic E-state index is -0.109. The molecule has 1 aliphatic carbocycles. The van der Waals surface area contributed by atoms with Crippen LogP contribution in [0.1, 0.15) is 25.0 Å². The van der Waals surface area contributed by atoms with E-state index in [1.165, 1.54) is 77.5 Å². The average Bonchev–Trinajstić information content (AvgIpc) is 3.50. The molecule has 9 aromatic carbocycles. The van der Waals surface area contributed by atoms with Gasteiger partial charge in [-0.05, 0) is 114 Å². The van der Waals surface area contributed by atoms with Crippen molar-refractivity contribution in [1.82, 2.24) is 0 Å². The molecule has 1 heteroatoms. The summed E-state index contributed by atoms with van der Waals surface area (Å²) in [5.41, 5.74) is 18.3. The normalized spacial score (nSPS) is 12.6. The van der Waals surface area contributed by atoms with E-state index >= 15 is 0 Å². The standard InChI is InChI=1S/C55H41N/c1-55(2)53-23-12-11-21-50(53)51-35-33-46(37-54(51)55)56(44-30-28-39(29-31-44)38-14-5-3-6-15-38)45-32-34-49(52(36-45)41-16-7-4-8-17-41)43-26-24-42(25-27-43)48-22-13-19-40-18-9-10-20-47(40)48/h3-37H,1-2H3. The lowest BCUT2D eigenvalue weighted by Crippen LogP contribution is -2.16. The Morgan fingerprint density at radius 1 is 0.304 bits per heavy atom. The van der Waals surface area contributed by atoms with Crippen LogP contribution in [0.5, 0.6) is 0 Å². The monoisotopic (exact) mass is 715 g/mol. The first-order valence-corrected chi connectivity index (χ1v) is 19.5. The molecule has 10 rings (SSSR count). The predicted octanol–water partition coefficient (Wildman–Crippen LogP) is 15.3. The lowest BCUT2D eigenvalue weighted by atomic mass is 9.82. The molecule has 0 radical (unpaired) electrons. The zero-order valence-electron chi connectivity index (χ0n) is 31.7. The lowest BCUT2D eigenvalue weighted by molar-refractivity contribution is 0.660. The van der Waals surface area contributed by atoms with E-state index in [-0.39, 0.29) is 5.41 Å². The first-order valence-electron chi connectivity index (χ1n) is 19.5. The Balaban J connectivity index is 1.11. The number of fused-ring (bicyclic) bond motifs is 4. The van der Waals surface area contributed by atoms with Crippen LogP contribution in [0.4, 0.5) is 17.1 Å². The Morgan fingerprint density at radius 2 is 0.786 bits per heavy atom. The van der Waals surface area contributed by atoms with E-state index in [9.17, 15) is 0 Å². The molecule has 0 unspecified atom stereocenters. The zero-order chi connectivity index (χ0) is 37.6. The second-order valence-corrected chi connectivity index (χ2v) is 15.3. The van der Waals surface area contributed by atoms with Gasteiger partial charge < -0.3 is 4.90 Å². The first-order chi connectivity index (χ1) is 27.5. The van der Waals surface area contributed by atoms with Crippen LogP contribution < -0.4 is 4.90 Å². The fourth-order valence-corrected chi connectivity index (χ4v) is 8.80. The largest absolute Gasteiger partial charge is 0.310 e. The Labute approximate surface area is 329 Å². The van der Waals surface area contributed by atoms with Gasteiger partial charge in [-0.25, -0.2) is 0 Å². The van der Waals surface area contributed by atoms with E-state index in [1.54, 1.807) is 0 Å². The second-order valence-electron chi connectivity index (χ2n) is 15.3. The smallest absolute Gasteiger partial charge is 0.0468 e. The number of hydrogen-bond donors (Lipinski definition) is 0. The van der Waals surface area contributed by atoms with E-state index in [0.29, 0.717) is 0 Å². The van der Waals surface area contributed by atoms with Crippen molar-refractivity contribution in [3.8, 4) is 55.6 Å². The highest BCUT2D eigenvalue weighted by Gasteiger charge is 2.35. The molecule has 56 heavy (non-hydrogen) atoms. The molecule has 0 saturated heterocycles. The fourth-order valence-electron chi connectivity index (χ4n) is 8.80. The molecule has 0 fully saturated rings. The SMILES string of the molecule is CC1(C)c2ccccc2-c2ccc(N(c3ccc(-c4ccccc4)cc3)c3ccc(-c4ccc(-c5cccc6ccccc56)cc4)c(-c4ccccc4)c3)cc21. The van der Waals surface area contributed by atoms with Crippen LogP contribution in [0.2, 0.25) is 0 Å². The summed E-state index contributed by atoms with van der Waals surface area (Å²) in [6, 6.07) is 77.6. The summed E-state index contributed by atoms with van der Waals surface area (Å²) in [7, 11) is 0.